The summed E-state index contributed by atoms with van der Waals surface area (Å²) in [5.74, 6) is 0.286. The largest absolute Gasteiger partial charge is 0.334 e. The van der Waals surface area contributed by atoms with Crippen LogP contribution < -0.4 is 0 Å². The Morgan fingerprint density at radius 2 is 2.09 bits per heavy atom. The molecule has 1 unspecified atom stereocenters. The average Bonchev–Trinajstić information content (AvgIpc) is 3.18. The fraction of sp³-hybridized carbons (Fsp3) is 0.733. The third kappa shape index (κ3) is 2.42. The summed E-state index contributed by atoms with van der Waals surface area (Å²) < 4.78 is 24.6. The molecule has 0 radical (unpaired) electrons. The van der Waals surface area contributed by atoms with E-state index in [0.29, 0.717) is 18.8 Å². The first-order valence-corrected chi connectivity index (χ1v) is 10.7. The topological polar surface area (TPSA) is 70.6 Å². The molecule has 4 heterocycles. The third-order valence-corrected chi connectivity index (χ3v) is 8.82. The molecule has 4 rings (SSSR count). The number of hydrogen-bond acceptors (Lipinski definition) is 6. The number of aromatic nitrogens is 1. The zero-order valence-corrected chi connectivity index (χ0v) is 14.6. The molecule has 1 aromatic rings. The lowest BCUT2D eigenvalue weighted by atomic mass is 9.82. The molecule has 3 saturated heterocycles. The highest BCUT2D eigenvalue weighted by Crippen LogP contribution is 2.45. The highest BCUT2D eigenvalue weighted by Gasteiger charge is 2.62. The summed E-state index contributed by atoms with van der Waals surface area (Å²) in [6.45, 7) is 3.69. The monoisotopic (exact) mass is 355 g/mol. The van der Waals surface area contributed by atoms with Gasteiger partial charge in [-0.05, 0) is 38.3 Å². The molecular formula is C15H21N3O3S2. The van der Waals surface area contributed by atoms with Gasteiger partial charge < -0.3 is 9.80 Å². The van der Waals surface area contributed by atoms with Crippen molar-refractivity contribution in [3.63, 3.8) is 0 Å². The maximum absolute atomic E-state index is 12.6. The highest BCUT2D eigenvalue weighted by atomic mass is 32.2. The van der Waals surface area contributed by atoms with E-state index in [1.54, 1.807) is 15.8 Å². The molecule has 0 aliphatic carbocycles. The van der Waals surface area contributed by atoms with Crippen molar-refractivity contribution in [3.8, 4) is 0 Å². The van der Waals surface area contributed by atoms with E-state index in [1.807, 2.05) is 0 Å². The summed E-state index contributed by atoms with van der Waals surface area (Å²) in [5, 5.41) is 1.72. The van der Waals surface area contributed by atoms with Crippen LogP contribution >= 0.6 is 11.3 Å². The van der Waals surface area contributed by atoms with Crippen molar-refractivity contribution >= 4 is 27.1 Å². The van der Waals surface area contributed by atoms with Crippen molar-refractivity contribution in [1.82, 2.24) is 14.8 Å². The average molecular weight is 355 g/mol. The zero-order valence-electron chi connectivity index (χ0n) is 13.0. The van der Waals surface area contributed by atoms with Gasteiger partial charge in [0.1, 0.15) is 10.4 Å². The van der Waals surface area contributed by atoms with Crippen molar-refractivity contribution in [2.24, 2.45) is 5.92 Å². The number of sulfone groups is 1. The van der Waals surface area contributed by atoms with Crippen molar-refractivity contribution in [3.05, 3.63) is 16.6 Å². The Morgan fingerprint density at radius 3 is 2.74 bits per heavy atom. The molecular weight excluding hydrogens is 334 g/mol. The van der Waals surface area contributed by atoms with Gasteiger partial charge >= 0.3 is 0 Å². The summed E-state index contributed by atoms with van der Waals surface area (Å²) >= 11 is 1.38. The lowest BCUT2D eigenvalue weighted by Crippen LogP contribution is -2.69. The van der Waals surface area contributed by atoms with Crippen LogP contribution in [0.25, 0.3) is 0 Å². The summed E-state index contributed by atoms with van der Waals surface area (Å²) in [5.41, 5.74) is 2.06. The second-order valence-corrected chi connectivity index (χ2v) is 10.1. The number of amides is 1. The second-order valence-electron chi connectivity index (χ2n) is 6.91. The van der Waals surface area contributed by atoms with E-state index in [0.717, 1.165) is 26.1 Å². The first-order chi connectivity index (χ1) is 11.0. The molecule has 0 bridgehead atoms. The second kappa shape index (κ2) is 5.53. The van der Waals surface area contributed by atoms with Gasteiger partial charge in [-0.3, -0.25) is 4.79 Å². The molecule has 1 spiro atoms. The molecule has 3 aliphatic heterocycles. The number of rotatable bonds is 3. The smallest absolute Gasteiger partial charge is 0.273 e. The molecule has 3 fully saturated rings. The summed E-state index contributed by atoms with van der Waals surface area (Å²) in [7, 11) is -3.11. The van der Waals surface area contributed by atoms with Gasteiger partial charge in [0.2, 0.25) is 0 Å². The van der Waals surface area contributed by atoms with Crippen LogP contribution in [0.4, 0.5) is 0 Å². The molecule has 0 saturated carbocycles. The summed E-state index contributed by atoms with van der Waals surface area (Å²) in [4.78, 5) is 20.4. The lowest BCUT2D eigenvalue weighted by Gasteiger charge is -2.50. The molecule has 23 heavy (non-hydrogen) atoms. The van der Waals surface area contributed by atoms with Crippen LogP contribution in [0.3, 0.4) is 0 Å². The van der Waals surface area contributed by atoms with Crippen LogP contribution in [-0.2, 0) is 9.84 Å². The van der Waals surface area contributed by atoms with Crippen LogP contribution in [0.15, 0.2) is 10.9 Å². The number of nitrogens with zero attached hydrogens (tertiary/aromatic N) is 3. The fourth-order valence-corrected chi connectivity index (χ4v) is 7.16. The summed E-state index contributed by atoms with van der Waals surface area (Å²) in [6.07, 6.45) is 3.15. The quantitative estimate of drug-likeness (QED) is 0.805. The van der Waals surface area contributed by atoms with Gasteiger partial charge in [0.15, 0.2) is 9.84 Å². The van der Waals surface area contributed by atoms with Gasteiger partial charge in [-0.15, -0.1) is 11.3 Å². The molecule has 0 aromatic carbocycles. The molecule has 3 aliphatic rings. The molecule has 1 atom stereocenters. The Morgan fingerprint density at radius 1 is 1.35 bits per heavy atom. The van der Waals surface area contributed by atoms with Gasteiger partial charge in [-0.1, -0.05) is 0 Å². The van der Waals surface area contributed by atoms with Crippen molar-refractivity contribution in [2.75, 3.05) is 38.5 Å². The van der Waals surface area contributed by atoms with Gasteiger partial charge in [0, 0.05) is 25.0 Å². The molecule has 6 nitrogen and oxygen atoms in total. The number of carbonyl (C=O) groups is 1. The standard InChI is InChI=1S/C15H21N3O3S2/c19-14(13-8-22-11-16-13)18-9-15(10-18)12(3-6-23(15,20)21)7-17-4-1-2-5-17/h8,11-12H,1-7,9-10H2. The Balaban J connectivity index is 1.50. The minimum Gasteiger partial charge on any atom is -0.334 e. The minimum atomic E-state index is -3.11. The van der Waals surface area contributed by atoms with Crippen molar-refractivity contribution in [2.45, 2.75) is 24.0 Å². The molecule has 1 amide bonds. The van der Waals surface area contributed by atoms with E-state index >= 15 is 0 Å². The van der Waals surface area contributed by atoms with E-state index < -0.39 is 14.6 Å². The minimum absolute atomic E-state index is 0.140. The Bertz CT molecular complexity index is 690. The normalized spacial score (nSPS) is 29.0. The molecule has 126 valence electrons. The maximum atomic E-state index is 12.6. The van der Waals surface area contributed by atoms with E-state index in [1.165, 1.54) is 24.2 Å². The van der Waals surface area contributed by atoms with Crippen molar-refractivity contribution in [1.29, 1.82) is 0 Å². The van der Waals surface area contributed by atoms with Crippen molar-refractivity contribution < 1.29 is 13.2 Å². The van der Waals surface area contributed by atoms with Crippen LogP contribution in [0.1, 0.15) is 29.8 Å². The fourth-order valence-electron chi connectivity index (χ4n) is 4.23. The number of hydrogen-bond donors (Lipinski definition) is 0. The first kappa shape index (κ1) is 15.5. The van der Waals surface area contributed by atoms with Gasteiger partial charge in [0.05, 0.1) is 11.3 Å². The number of carbonyl (C=O) groups excluding carboxylic acids is 1. The molecule has 0 N–H and O–H groups in total. The van der Waals surface area contributed by atoms with Gasteiger partial charge in [-0.25, -0.2) is 13.4 Å². The highest BCUT2D eigenvalue weighted by molar-refractivity contribution is 7.93. The van der Waals surface area contributed by atoms with E-state index in [4.69, 9.17) is 0 Å². The van der Waals surface area contributed by atoms with Gasteiger partial charge in [-0.2, -0.15) is 0 Å². The van der Waals surface area contributed by atoms with Crippen LogP contribution in [-0.4, -0.2) is 72.3 Å². The Hall–Kier alpha value is -0.990. The van der Waals surface area contributed by atoms with Crippen LogP contribution in [0, 0.1) is 5.92 Å². The summed E-state index contributed by atoms with van der Waals surface area (Å²) in [6, 6.07) is 0. The third-order valence-electron chi connectivity index (χ3n) is 5.63. The van der Waals surface area contributed by atoms with E-state index in [2.05, 4.69) is 9.88 Å². The van der Waals surface area contributed by atoms with E-state index in [-0.39, 0.29) is 17.6 Å². The van der Waals surface area contributed by atoms with E-state index in [9.17, 15) is 13.2 Å². The predicted molar refractivity (Wildman–Crippen MR) is 88.3 cm³/mol. The lowest BCUT2D eigenvalue weighted by molar-refractivity contribution is 0.0428. The van der Waals surface area contributed by atoms with Crippen LogP contribution in [0.2, 0.25) is 0 Å². The Kier molecular flexibility index (Phi) is 3.73. The predicted octanol–water partition coefficient (Wildman–Crippen LogP) is 0.868. The number of thiazole rings is 1. The first-order valence-electron chi connectivity index (χ1n) is 8.14. The molecule has 1 aromatic heterocycles. The zero-order chi connectivity index (χ0) is 16.1. The maximum Gasteiger partial charge on any atom is 0.273 e. The number of likely N-dealkylation sites (tertiary alicyclic amines) is 2. The Labute approximate surface area is 140 Å². The molecule has 8 heteroatoms. The van der Waals surface area contributed by atoms with Gasteiger partial charge in [0.25, 0.3) is 5.91 Å². The van der Waals surface area contributed by atoms with Crippen LogP contribution in [0.5, 0.6) is 0 Å². The SMILES string of the molecule is O=C(c1cscn1)N1CC2(C1)C(CN1CCCC1)CCS2(=O)=O.